The summed E-state index contributed by atoms with van der Waals surface area (Å²) in [6.45, 7) is 0.801. The van der Waals surface area contributed by atoms with Crippen molar-refractivity contribution in [2.75, 3.05) is 6.61 Å². The van der Waals surface area contributed by atoms with Gasteiger partial charge in [0, 0.05) is 10.5 Å². The summed E-state index contributed by atoms with van der Waals surface area (Å²) in [5.74, 6) is 1.60. The molecule has 0 amide bonds. The van der Waals surface area contributed by atoms with Crippen molar-refractivity contribution in [1.29, 1.82) is 0 Å². The molecule has 4 heteroatoms. The van der Waals surface area contributed by atoms with Gasteiger partial charge in [0.2, 0.25) is 0 Å². The molecule has 1 aromatic rings. The van der Waals surface area contributed by atoms with E-state index in [1.807, 2.05) is 24.3 Å². The van der Waals surface area contributed by atoms with E-state index in [0.29, 0.717) is 12.0 Å². The number of benzene rings is 1. The smallest absolute Gasteiger partial charge is 0.119 e. The van der Waals surface area contributed by atoms with Crippen LogP contribution in [0.1, 0.15) is 12.8 Å². The van der Waals surface area contributed by atoms with Crippen LogP contribution in [0.25, 0.3) is 0 Å². The van der Waals surface area contributed by atoms with E-state index in [0.717, 1.165) is 29.7 Å². The zero-order valence-corrected chi connectivity index (χ0v) is 10.8. The predicted molar refractivity (Wildman–Crippen MR) is 67.6 cm³/mol. The number of rotatable bonds is 3. The van der Waals surface area contributed by atoms with Crippen molar-refractivity contribution in [1.82, 2.24) is 0 Å². The second kappa shape index (κ2) is 5.73. The first kappa shape index (κ1) is 12.8. The zero-order chi connectivity index (χ0) is 9.97. The van der Waals surface area contributed by atoms with Crippen molar-refractivity contribution in [2.24, 2.45) is 11.7 Å². The third kappa shape index (κ3) is 3.67. The molecule has 1 aliphatic carbocycles. The lowest BCUT2D eigenvalue weighted by Gasteiger charge is -2.32. The molecule has 2 N–H and O–H groups in total. The molecule has 1 aromatic carbocycles. The molecule has 1 saturated carbocycles. The molecule has 2 rings (SSSR count). The van der Waals surface area contributed by atoms with E-state index in [9.17, 15) is 0 Å². The number of nitrogens with two attached hydrogens (primary N) is 1. The van der Waals surface area contributed by atoms with Gasteiger partial charge in [0.15, 0.2) is 0 Å². The van der Waals surface area contributed by atoms with Crippen molar-refractivity contribution >= 4 is 28.3 Å². The van der Waals surface area contributed by atoms with Gasteiger partial charge < -0.3 is 10.5 Å². The van der Waals surface area contributed by atoms with Crippen LogP contribution in [0.4, 0.5) is 0 Å². The maximum atomic E-state index is 5.70. The second-order valence-corrected chi connectivity index (χ2v) is 4.78. The quantitative estimate of drug-likeness (QED) is 0.929. The summed E-state index contributed by atoms with van der Waals surface area (Å²) < 4.78 is 6.72. The second-order valence-electron chi connectivity index (χ2n) is 3.86. The van der Waals surface area contributed by atoms with Crippen LogP contribution in [0.3, 0.4) is 0 Å². The molecule has 0 heterocycles. The van der Waals surface area contributed by atoms with Gasteiger partial charge in [-0.3, -0.25) is 0 Å². The largest absolute Gasteiger partial charge is 0.493 e. The van der Waals surface area contributed by atoms with E-state index in [1.165, 1.54) is 0 Å². The summed E-state index contributed by atoms with van der Waals surface area (Å²) >= 11 is 3.39. The molecule has 0 radical (unpaired) electrons. The van der Waals surface area contributed by atoms with Gasteiger partial charge in [0.05, 0.1) is 6.61 Å². The predicted octanol–water partition coefficient (Wildman–Crippen LogP) is 2.99. The zero-order valence-electron chi connectivity index (χ0n) is 8.36. The fraction of sp³-hybridized carbons (Fsp3) is 0.455. The average Bonchev–Trinajstić information content (AvgIpc) is 2.13. The normalized spacial score (nSPS) is 23.9. The SMILES string of the molecule is Cl.NC1CC(COc2ccc(Br)cc2)C1. The summed E-state index contributed by atoms with van der Waals surface area (Å²) in [6, 6.07) is 8.34. The van der Waals surface area contributed by atoms with Crippen LogP contribution in [0.5, 0.6) is 5.75 Å². The first-order chi connectivity index (χ1) is 6.74. The van der Waals surface area contributed by atoms with Crippen LogP contribution in [-0.4, -0.2) is 12.6 Å². The van der Waals surface area contributed by atoms with Gasteiger partial charge in [0.1, 0.15) is 5.75 Å². The Morgan fingerprint density at radius 3 is 2.40 bits per heavy atom. The molecule has 0 aromatic heterocycles. The Labute approximate surface area is 105 Å². The molecular formula is C11H15BrClNO. The molecular weight excluding hydrogens is 277 g/mol. The summed E-state index contributed by atoms with van der Waals surface area (Å²) in [5.41, 5.74) is 5.70. The molecule has 1 aliphatic rings. The van der Waals surface area contributed by atoms with Crippen LogP contribution in [-0.2, 0) is 0 Å². The van der Waals surface area contributed by atoms with E-state index in [1.54, 1.807) is 0 Å². The Morgan fingerprint density at radius 2 is 1.87 bits per heavy atom. The van der Waals surface area contributed by atoms with Gasteiger partial charge in [-0.05, 0) is 43.0 Å². The summed E-state index contributed by atoms with van der Waals surface area (Å²) in [5, 5.41) is 0. The van der Waals surface area contributed by atoms with Crippen LogP contribution in [0.15, 0.2) is 28.7 Å². The molecule has 15 heavy (non-hydrogen) atoms. The molecule has 2 nitrogen and oxygen atoms in total. The maximum Gasteiger partial charge on any atom is 0.119 e. The van der Waals surface area contributed by atoms with Crippen molar-refractivity contribution in [3.8, 4) is 5.75 Å². The lowest BCUT2D eigenvalue weighted by Crippen LogP contribution is -2.39. The minimum Gasteiger partial charge on any atom is -0.493 e. The molecule has 0 unspecified atom stereocenters. The van der Waals surface area contributed by atoms with E-state index in [4.69, 9.17) is 10.5 Å². The van der Waals surface area contributed by atoms with Gasteiger partial charge in [0.25, 0.3) is 0 Å². The molecule has 0 aliphatic heterocycles. The van der Waals surface area contributed by atoms with E-state index >= 15 is 0 Å². The number of hydrogen-bond acceptors (Lipinski definition) is 2. The maximum absolute atomic E-state index is 5.70. The lowest BCUT2D eigenvalue weighted by atomic mass is 9.82. The van der Waals surface area contributed by atoms with Crippen molar-refractivity contribution in [2.45, 2.75) is 18.9 Å². The average molecular weight is 293 g/mol. The fourth-order valence-corrected chi connectivity index (χ4v) is 1.93. The Kier molecular flexibility index (Phi) is 4.90. The fourth-order valence-electron chi connectivity index (χ4n) is 1.67. The summed E-state index contributed by atoms with van der Waals surface area (Å²) in [4.78, 5) is 0. The standard InChI is InChI=1S/C11H14BrNO.ClH/c12-9-1-3-11(4-2-9)14-7-8-5-10(13)6-8;/h1-4,8,10H,5-7,13H2;1H. The van der Waals surface area contributed by atoms with Crippen LogP contribution >= 0.6 is 28.3 Å². The van der Waals surface area contributed by atoms with Gasteiger partial charge in [-0.2, -0.15) is 0 Å². The van der Waals surface area contributed by atoms with Crippen LogP contribution < -0.4 is 10.5 Å². The molecule has 84 valence electrons. The molecule has 0 saturated heterocycles. The van der Waals surface area contributed by atoms with Gasteiger partial charge in [-0.1, -0.05) is 15.9 Å². The minimum absolute atomic E-state index is 0. The molecule has 1 fully saturated rings. The Hall–Kier alpha value is -0.250. The summed E-state index contributed by atoms with van der Waals surface area (Å²) in [7, 11) is 0. The minimum atomic E-state index is 0. The van der Waals surface area contributed by atoms with Gasteiger partial charge in [-0.15, -0.1) is 12.4 Å². The first-order valence-electron chi connectivity index (χ1n) is 4.88. The molecule has 0 spiro atoms. The van der Waals surface area contributed by atoms with Crippen LogP contribution in [0.2, 0.25) is 0 Å². The number of ether oxygens (including phenoxy) is 1. The number of hydrogen-bond donors (Lipinski definition) is 1. The third-order valence-electron chi connectivity index (χ3n) is 2.57. The topological polar surface area (TPSA) is 35.2 Å². The lowest BCUT2D eigenvalue weighted by molar-refractivity contribution is 0.160. The van der Waals surface area contributed by atoms with Crippen molar-refractivity contribution in [3.63, 3.8) is 0 Å². The summed E-state index contributed by atoms with van der Waals surface area (Å²) in [6.07, 6.45) is 2.22. The Bertz CT molecular complexity index is 298. The third-order valence-corrected chi connectivity index (χ3v) is 3.10. The van der Waals surface area contributed by atoms with Crippen molar-refractivity contribution in [3.05, 3.63) is 28.7 Å². The van der Waals surface area contributed by atoms with Gasteiger partial charge in [-0.25, -0.2) is 0 Å². The molecule has 0 bridgehead atoms. The highest BCUT2D eigenvalue weighted by Crippen LogP contribution is 2.26. The highest BCUT2D eigenvalue weighted by atomic mass is 79.9. The van der Waals surface area contributed by atoms with E-state index in [-0.39, 0.29) is 12.4 Å². The molecule has 0 atom stereocenters. The monoisotopic (exact) mass is 291 g/mol. The highest BCUT2D eigenvalue weighted by Gasteiger charge is 2.26. The van der Waals surface area contributed by atoms with Gasteiger partial charge >= 0.3 is 0 Å². The Morgan fingerprint density at radius 1 is 1.27 bits per heavy atom. The highest BCUT2D eigenvalue weighted by molar-refractivity contribution is 9.10. The van der Waals surface area contributed by atoms with Crippen LogP contribution in [0, 0.1) is 5.92 Å². The van der Waals surface area contributed by atoms with E-state index in [2.05, 4.69) is 15.9 Å². The Balaban J connectivity index is 0.00000112. The first-order valence-corrected chi connectivity index (χ1v) is 5.67. The number of halogens is 2. The van der Waals surface area contributed by atoms with Crippen molar-refractivity contribution < 1.29 is 4.74 Å². The van der Waals surface area contributed by atoms with E-state index < -0.39 is 0 Å².